The first kappa shape index (κ1) is 13.9. The molecular formula is C11H19N5O3. The molecule has 19 heavy (non-hydrogen) atoms. The number of aromatic nitrogens is 3. The summed E-state index contributed by atoms with van der Waals surface area (Å²) >= 11 is 0. The third-order valence-electron chi connectivity index (χ3n) is 3.34. The fourth-order valence-electron chi connectivity index (χ4n) is 1.97. The summed E-state index contributed by atoms with van der Waals surface area (Å²) in [7, 11) is 0. The minimum Gasteiger partial charge on any atom is -0.385 e. The first-order valence-corrected chi connectivity index (χ1v) is 6.27. The summed E-state index contributed by atoms with van der Waals surface area (Å²) in [4.78, 5) is 11.9. The molecule has 8 heteroatoms. The molecule has 1 aliphatic rings. The summed E-state index contributed by atoms with van der Waals surface area (Å²) in [5.74, 6) is -0.365. The highest BCUT2D eigenvalue weighted by molar-refractivity contribution is 5.91. The molecule has 0 radical (unpaired) electrons. The fraction of sp³-hybridized carbons (Fsp3) is 0.727. The molecule has 1 aromatic heterocycles. The summed E-state index contributed by atoms with van der Waals surface area (Å²) < 4.78 is 6.80. The molecule has 4 N–H and O–H groups in total. The standard InChI is InChI=1S/C11H19N5O3/c1-8-11(18,2-5-19-8)7-13-10(17)9-6-16(4-3-12)15-14-9/h6,8,18H,2-5,7,12H2,1H3,(H,13,17). The zero-order valence-electron chi connectivity index (χ0n) is 10.9. The lowest BCUT2D eigenvalue weighted by atomic mass is 9.97. The van der Waals surface area contributed by atoms with Gasteiger partial charge >= 0.3 is 0 Å². The number of rotatable bonds is 5. The van der Waals surface area contributed by atoms with Crippen molar-refractivity contribution in [3.8, 4) is 0 Å². The lowest BCUT2D eigenvalue weighted by Gasteiger charge is -2.25. The van der Waals surface area contributed by atoms with Crippen LogP contribution >= 0.6 is 0 Å². The molecule has 2 atom stereocenters. The Morgan fingerprint density at radius 3 is 3.21 bits per heavy atom. The molecule has 0 aromatic carbocycles. The topological polar surface area (TPSA) is 115 Å². The van der Waals surface area contributed by atoms with E-state index in [0.29, 0.717) is 26.1 Å². The molecule has 2 rings (SSSR count). The van der Waals surface area contributed by atoms with Crippen LogP contribution in [0.15, 0.2) is 6.20 Å². The summed E-state index contributed by atoms with van der Waals surface area (Å²) in [6.07, 6.45) is 1.75. The Kier molecular flexibility index (Phi) is 4.13. The first-order valence-electron chi connectivity index (χ1n) is 6.27. The highest BCUT2D eigenvalue weighted by Crippen LogP contribution is 2.24. The average Bonchev–Trinajstić information content (AvgIpc) is 2.96. The van der Waals surface area contributed by atoms with Crippen LogP contribution in [0.5, 0.6) is 0 Å². The molecule has 2 heterocycles. The Balaban J connectivity index is 1.90. The number of nitrogens with zero attached hydrogens (tertiary/aromatic N) is 3. The van der Waals surface area contributed by atoms with Crippen LogP contribution in [0, 0.1) is 0 Å². The Morgan fingerprint density at radius 2 is 2.58 bits per heavy atom. The molecule has 1 aliphatic heterocycles. The van der Waals surface area contributed by atoms with Gasteiger partial charge in [0, 0.05) is 26.1 Å². The Morgan fingerprint density at radius 1 is 1.79 bits per heavy atom. The number of carbonyl (C=O) groups is 1. The minimum absolute atomic E-state index is 0.136. The molecule has 1 fully saturated rings. The van der Waals surface area contributed by atoms with Gasteiger partial charge in [0.1, 0.15) is 5.60 Å². The van der Waals surface area contributed by atoms with E-state index in [1.54, 1.807) is 6.92 Å². The minimum atomic E-state index is -1.01. The summed E-state index contributed by atoms with van der Waals surface area (Å²) in [5.41, 5.74) is 4.58. The first-order chi connectivity index (χ1) is 9.05. The number of nitrogens with two attached hydrogens (primary N) is 1. The van der Waals surface area contributed by atoms with Crippen LogP contribution in [0.3, 0.4) is 0 Å². The zero-order chi connectivity index (χ0) is 13.9. The van der Waals surface area contributed by atoms with E-state index in [4.69, 9.17) is 10.5 Å². The molecule has 0 aliphatic carbocycles. The van der Waals surface area contributed by atoms with Gasteiger partial charge in [0.05, 0.1) is 18.8 Å². The van der Waals surface area contributed by atoms with Gasteiger partial charge in [-0.05, 0) is 6.92 Å². The van der Waals surface area contributed by atoms with E-state index in [0.717, 1.165) is 0 Å². The van der Waals surface area contributed by atoms with Crippen molar-refractivity contribution in [2.45, 2.75) is 31.6 Å². The third-order valence-corrected chi connectivity index (χ3v) is 3.34. The largest absolute Gasteiger partial charge is 0.385 e. The molecule has 1 amide bonds. The predicted molar refractivity (Wildman–Crippen MR) is 66.4 cm³/mol. The fourth-order valence-corrected chi connectivity index (χ4v) is 1.97. The Bertz CT molecular complexity index is 449. The monoisotopic (exact) mass is 269 g/mol. The third kappa shape index (κ3) is 3.09. The number of nitrogens with one attached hydrogen (secondary N) is 1. The van der Waals surface area contributed by atoms with Crippen molar-refractivity contribution in [1.82, 2.24) is 20.3 Å². The van der Waals surface area contributed by atoms with E-state index in [9.17, 15) is 9.90 Å². The number of carbonyl (C=O) groups excluding carboxylic acids is 1. The van der Waals surface area contributed by atoms with Crippen LogP contribution in [0.2, 0.25) is 0 Å². The molecule has 106 valence electrons. The van der Waals surface area contributed by atoms with Crippen molar-refractivity contribution in [2.24, 2.45) is 5.73 Å². The second-order valence-electron chi connectivity index (χ2n) is 4.70. The van der Waals surface area contributed by atoms with E-state index < -0.39 is 5.60 Å². The van der Waals surface area contributed by atoms with Crippen LogP contribution in [0.25, 0.3) is 0 Å². The number of amides is 1. The van der Waals surface area contributed by atoms with Gasteiger partial charge in [-0.2, -0.15) is 0 Å². The van der Waals surface area contributed by atoms with Crippen LogP contribution in [-0.4, -0.2) is 57.4 Å². The molecule has 0 spiro atoms. The van der Waals surface area contributed by atoms with Gasteiger partial charge < -0.3 is 20.9 Å². The SMILES string of the molecule is CC1OCCC1(O)CNC(=O)c1cn(CCN)nn1. The molecule has 0 bridgehead atoms. The van der Waals surface area contributed by atoms with Crippen molar-refractivity contribution in [3.63, 3.8) is 0 Å². The maximum Gasteiger partial charge on any atom is 0.273 e. The normalized spacial score (nSPS) is 26.6. The van der Waals surface area contributed by atoms with Gasteiger partial charge in [-0.15, -0.1) is 5.10 Å². The number of hydrogen-bond acceptors (Lipinski definition) is 6. The lowest BCUT2D eigenvalue weighted by molar-refractivity contribution is -0.0252. The second-order valence-corrected chi connectivity index (χ2v) is 4.70. The number of hydrogen-bond donors (Lipinski definition) is 3. The maximum atomic E-state index is 11.9. The zero-order valence-corrected chi connectivity index (χ0v) is 10.9. The van der Waals surface area contributed by atoms with E-state index >= 15 is 0 Å². The number of aliphatic hydroxyl groups is 1. The highest BCUT2D eigenvalue weighted by atomic mass is 16.5. The van der Waals surface area contributed by atoms with Crippen molar-refractivity contribution >= 4 is 5.91 Å². The van der Waals surface area contributed by atoms with Crippen molar-refractivity contribution in [1.29, 1.82) is 0 Å². The molecule has 0 saturated carbocycles. The highest BCUT2D eigenvalue weighted by Gasteiger charge is 2.39. The quantitative estimate of drug-likeness (QED) is 0.599. The average molecular weight is 269 g/mol. The van der Waals surface area contributed by atoms with Gasteiger partial charge in [-0.1, -0.05) is 5.21 Å². The van der Waals surface area contributed by atoms with Crippen molar-refractivity contribution in [2.75, 3.05) is 19.7 Å². The van der Waals surface area contributed by atoms with Gasteiger partial charge in [0.25, 0.3) is 5.91 Å². The summed E-state index contributed by atoms with van der Waals surface area (Å²) in [5, 5.41) is 20.4. The Labute approximate surface area is 110 Å². The van der Waals surface area contributed by atoms with Crippen molar-refractivity contribution in [3.05, 3.63) is 11.9 Å². The lowest BCUT2D eigenvalue weighted by Crippen LogP contribution is -2.47. The van der Waals surface area contributed by atoms with Gasteiger partial charge in [-0.3, -0.25) is 9.48 Å². The maximum absolute atomic E-state index is 11.9. The second kappa shape index (κ2) is 5.64. The van der Waals surface area contributed by atoms with Gasteiger partial charge in [-0.25, -0.2) is 0 Å². The van der Waals surface area contributed by atoms with Gasteiger partial charge in [0.15, 0.2) is 5.69 Å². The van der Waals surface area contributed by atoms with Crippen LogP contribution in [-0.2, 0) is 11.3 Å². The van der Waals surface area contributed by atoms with Crippen LogP contribution in [0.1, 0.15) is 23.8 Å². The molecule has 1 aromatic rings. The summed E-state index contributed by atoms with van der Waals surface area (Å²) in [6.45, 7) is 3.36. The van der Waals surface area contributed by atoms with E-state index in [1.165, 1.54) is 10.9 Å². The van der Waals surface area contributed by atoms with Crippen molar-refractivity contribution < 1.29 is 14.6 Å². The van der Waals surface area contributed by atoms with Gasteiger partial charge in [0.2, 0.25) is 0 Å². The molecular weight excluding hydrogens is 250 g/mol. The molecule has 1 saturated heterocycles. The Hall–Kier alpha value is -1.51. The summed E-state index contributed by atoms with van der Waals surface area (Å²) in [6, 6.07) is 0. The van der Waals surface area contributed by atoms with E-state index in [-0.39, 0.29) is 24.2 Å². The molecule has 8 nitrogen and oxygen atoms in total. The van der Waals surface area contributed by atoms with Crippen LogP contribution in [0.4, 0.5) is 0 Å². The van der Waals surface area contributed by atoms with Crippen LogP contribution < -0.4 is 11.1 Å². The smallest absolute Gasteiger partial charge is 0.273 e. The molecule has 2 unspecified atom stereocenters. The van der Waals surface area contributed by atoms with E-state index in [2.05, 4.69) is 15.6 Å². The predicted octanol–water partition coefficient (Wildman–Crippen LogP) is -1.49. The van der Waals surface area contributed by atoms with E-state index in [1.807, 2.05) is 0 Å². The number of ether oxygens (including phenoxy) is 1.